The average Bonchev–Trinajstić information content (AvgIpc) is 3.69. The van der Waals surface area contributed by atoms with Gasteiger partial charge in [-0.3, -0.25) is 19.2 Å². The fourth-order valence-electron chi connectivity index (χ4n) is 8.01. The number of hydrogen-bond acceptors (Lipinski definition) is 8. The normalized spacial score (nSPS) is 22.4. The van der Waals surface area contributed by atoms with Crippen LogP contribution in [0.25, 0.3) is 0 Å². The molecule has 2 aromatic rings. The zero-order valence-corrected chi connectivity index (χ0v) is 38.9. The maximum Gasteiger partial charge on any atom is 0.416 e. The fourth-order valence-corrected chi connectivity index (χ4v) is 8.01. The first-order valence-electron chi connectivity index (χ1n) is 22.9. The van der Waals surface area contributed by atoms with Gasteiger partial charge in [0, 0.05) is 49.4 Å². The number of methoxy groups -OCH3 is 1. The van der Waals surface area contributed by atoms with E-state index < -0.39 is 11.7 Å². The number of para-hydroxylation sites is 1. The highest BCUT2D eigenvalue weighted by Crippen LogP contribution is 2.39. The van der Waals surface area contributed by atoms with Gasteiger partial charge in [-0.2, -0.15) is 13.2 Å². The molecule has 64 heavy (non-hydrogen) atoms. The summed E-state index contributed by atoms with van der Waals surface area (Å²) in [5.41, 5.74) is -0.733. The first-order valence-corrected chi connectivity index (χ1v) is 22.9. The number of carbonyl (C=O) groups excluding carboxylic acids is 4. The number of rotatable bonds is 23. The molecule has 2 saturated carbocycles. The molecule has 8 atom stereocenters. The lowest BCUT2D eigenvalue weighted by Crippen LogP contribution is -2.15. The predicted molar refractivity (Wildman–Crippen MR) is 245 cm³/mol. The van der Waals surface area contributed by atoms with Crippen molar-refractivity contribution in [2.24, 2.45) is 47.3 Å². The minimum absolute atomic E-state index is 0.0192. The highest BCUT2D eigenvalue weighted by atomic mass is 19.4. The molecule has 0 aliphatic heterocycles. The molecule has 0 radical (unpaired) electrons. The van der Waals surface area contributed by atoms with E-state index in [9.17, 15) is 32.3 Å². The van der Waals surface area contributed by atoms with Crippen LogP contribution in [-0.2, 0) is 34.8 Å². The molecular weight excluding hydrogens is 822 g/mol. The van der Waals surface area contributed by atoms with Gasteiger partial charge in [0.25, 0.3) is 0 Å². The summed E-state index contributed by atoms with van der Waals surface area (Å²) in [6.07, 6.45) is 18.7. The Balaban J connectivity index is 0.000000346. The van der Waals surface area contributed by atoms with E-state index in [0.717, 1.165) is 43.6 Å². The number of benzene rings is 2. The minimum atomic E-state index is -4.40. The van der Waals surface area contributed by atoms with Crippen LogP contribution >= 0.6 is 0 Å². The number of Topliss-reactive ketones (excluding diaryl/α,β-unsaturated/α-hetero) is 2. The van der Waals surface area contributed by atoms with Gasteiger partial charge < -0.3 is 18.9 Å². The van der Waals surface area contributed by atoms with Gasteiger partial charge >= 0.3 is 18.1 Å². The highest BCUT2D eigenvalue weighted by molar-refractivity contribution is 5.85. The van der Waals surface area contributed by atoms with E-state index in [0.29, 0.717) is 56.8 Å². The van der Waals surface area contributed by atoms with Crippen molar-refractivity contribution in [3.05, 3.63) is 109 Å². The fraction of sp³-hybridized carbons (Fsp3) is 0.547. The molecule has 0 spiro atoms. The molecule has 0 aromatic heterocycles. The van der Waals surface area contributed by atoms with Gasteiger partial charge in [-0.1, -0.05) is 101 Å². The third kappa shape index (κ3) is 19.9. The van der Waals surface area contributed by atoms with Gasteiger partial charge in [0.05, 0.1) is 32.0 Å². The quantitative estimate of drug-likeness (QED) is 0.0617. The second-order valence-electron chi connectivity index (χ2n) is 17.7. The lowest BCUT2D eigenvalue weighted by molar-refractivity contribution is -0.147. The van der Waals surface area contributed by atoms with E-state index in [1.54, 1.807) is 0 Å². The zero-order chi connectivity index (χ0) is 47.1. The Kier molecular flexibility index (Phi) is 23.4. The molecule has 8 nitrogen and oxygen atoms in total. The standard InChI is InChI=1S/C28H37F3O4.C25H34O4/c1-19(2)35-27(33)13-8-6-5-7-12-25-24(21(4)16-26(25)32)15-14-20(3)18-34-23-11-9-10-22(17-23)28(29,30)31;1-19(18-29-21-11-7-6-8-12-21)15-16-22-20(2)17-24(26)23(22)13-9-4-5-10-14-25(27)28-3/h5,7,9-11,14-15,17,19-21,24-25H,6,8,12-13,16,18H2,1-4H3;4,6-9,11-12,15-16,19-20,22-23H,5,10,13-14,17-18H2,1-3H3/b7-5-,15-14+;9-4-,16-15+/t20-,21-,24+,25-;19-,20-,22+,23-/m11/s1. The van der Waals surface area contributed by atoms with Crippen LogP contribution in [0, 0.1) is 47.3 Å². The van der Waals surface area contributed by atoms with E-state index >= 15 is 0 Å². The Labute approximate surface area is 379 Å². The lowest BCUT2D eigenvalue weighted by atomic mass is 9.86. The number of esters is 2. The van der Waals surface area contributed by atoms with Crippen molar-refractivity contribution in [2.75, 3.05) is 20.3 Å². The first kappa shape index (κ1) is 53.4. The SMILES string of the molecule is CC(C)OC(=O)CCC/C=C\C[C@H]1C(=O)C[C@@H](C)[C@@H]1/C=C/[C@@H](C)COc1cccc(C(F)(F)F)c1.COC(=O)CCC/C=C\C[C@H]1C(=O)C[C@@H](C)[C@@H]1/C=C/[C@@H](C)COc1ccccc1. The van der Waals surface area contributed by atoms with Gasteiger partial charge in [0.1, 0.15) is 23.1 Å². The van der Waals surface area contributed by atoms with Crippen LogP contribution < -0.4 is 9.47 Å². The smallest absolute Gasteiger partial charge is 0.416 e. The number of carbonyl (C=O) groups is 4. The van der Waals surface area contributed by atoms with Gasteiger partial charge in [-0.15, -0.1) is 0 Å². The van der Waals surface area contributed by atoms with Crippen molar-refractivity contribution in [3.8, 4) is 11.5 Å². The Morgan fingerprint density at radius 1 is 0.688 bits per heavy atom. The van der Waals surface area contributed by atoms with Gasteiger partial charge in [-0.05, 0) is 106 Å². The summed E-state index contributed by atoms with van der Waals surface area (Å²) >= 11 is 0. The van der Waals surface area contributed by atoms with Crippen LogP contribution in [-0.4, -0.2) is 49.9 Å². The second-order valence-corrected chi connectivity index (χ2v) is 17.7. The van der Waals surface area contributed by atoms with Gasteiger partial charge in [-0.25, -0.2) is 0 Å². The van der Waals surface area contributed by atoms with Gasteiger partial charge in [0.2, 0.25) is 0 Å². The molecular formula is C53H71F3O8. The number of unbranched alkanes of at least 4 members (excludes halogenated alkanes) is 2. The average molecular weight is 893 g/mol. The van der Waals surface area contributed by atoms with Crippen LogP contribution in [0.1, 0.15) is 111 Å². The molecule has 0 saturated heterocycles. The monoisotopic (exact) mass is 893 g/mol. The minimum Gasteiger partial charge on any atom is -0.493 e. The summed E-state index contributed by atoms with van der Waals surface area (Å²) in [7, 11) is 1.41. The van der Waals surface area contributed by atoms with E-state index in [1.165, 1.54) is 19.2 Å². The second kappa shape index (κ2) is 28.1. The number of ether oxygens (including phenoxy) is 4. The summed E-state index contributed by atoms with van der Waals surface area (Å²) in [6.45, 7) is 12.8. The molecule has 4 rings (SSSR count). The lowest BCUT2D eigenvalue weighted by Gasteiger charge is -2.18. The number of allylic oxidation sites excluding steroid dienone is 6. The largest absolute Gasteiger partial charge is 0.493 e. The number of hydrogen-bond donors (Lipinski definition) is 0. The van der Waals surface area contributed by atoms with Crippen molar-refractivity contribution < 1.29 is 51.3 Å². The molecule has 0 N–H and O–H groups in total. The molecule has 2 fully saturated rings. The van der Waals surface area contributed by atoms with Crippen molar-refractivity contribution in [1.82, 2.24) is 0 Å². The molecule has 0 bridgehead atoms. The van der Waals surface area contributed by atoms with Crippen molar-refractivity contribution in [3.63, 3.8) is 0 Å². The maximum atomic E-state index is 12.9. The predicted octanol–water partition coefficient (Wildman–Crippen LogP) is 12.6. The summed E-state index contributed by atoms with van der Waals surface area (Å²) in [5, 5.41) is 0. The summed E-state index contributed by atoms with van der Waals surface area (Å²) in [6, 6.07) is 14.7. The summed E-state index contributed by atoms with van der Waals surface area (Å²) in [5.74, 6) is 2.56. The highest BCUT2D eigenvalue weighted by Gasteiger charge is 2.38. The Morgan fingerprint density at radius 2 is 1.17 bits per heavy atom. The Hall–Kier alpha value is -4.93. The molecule has 0 heterocycles. The van der Waals surface area contributed by atoms with E-state index in [1.807, 2.05) is 69.3 Å². The Bertz CT molecular complexity index is 1850. The molecule has 2 aliphatic carbocycles. The third-order valence-electron chi connectivity index (χ3n) is 11.6. The molecule has 0 unspecified atom stereocenters. The van der Waals surface area contributed by atoms with Crippen molar-refractivity contribution in [2.45, 2.75) is 118 Å². The van der Waals surface area contributed by atoms with E-state index in [-0.39, 0.29) is 77.6 Å². The van der Waals surface area contributed by atoms with E-state index in [2.05, 4.69) is 55.9 Å². The number of alkyl halides is 3. The molecule has 2 aliphatic rings. The zero-order valence-electron chi connectivity index (χ0n) is 38.9. The van der Waals surface area contributed by atoms with Crippen LogP contribution in [0.2, 0.25) is 0 Å². The van der Waals surface area contributed by atoms with Crippen molar-refractivity contribution >= 4 is 23.5 Å². The van der Waals surface area contributed by atoms with Crippen LogP contribution in [0.4, 0.5) is 13.2 Å². The summed E-state index contributed by atoms with van der Waals surface area (Å²) in [4.78, 5) is 47.7. The van der Waals surface area contributed by atoms with Crippen LogP contribution in [0.5, 0.6) is 11.5 Å². The third-order valence-corrected chi connectivity index (χ3v) is 11.6. The molecule has 0 amide bonds. The molecule has 352 valence electrons. The Morgan fingerprint density at radius 3 is 1.66 bits per heavy atom. The first-order chi connectivity index (χ1) is 30.5. The van der Waals surface area contributed by atoms with Crippen molar-refractivity contribution in [1.29, 1.82) is 0 Å². The number of ketones is 2. The van der Waals surface area contributed by atoms with Crippen LogP contribution in [0.15, 0.2) is 103 Å². The summed E-state index contributed by atoms with van der Waals surface area (Å²) < 4.78 is 59.8. The molecule has 2 aromatic carbocycles. The molecule has 11 heteroatoms. The topological polar surface area (TPSA) is 105 Å². The number of halogens is 3. The van der Waals surface area contributed by atoms with E-state index in [4.69, 9.17) is 14.2 Å². The van der Waals surface area contributed by atoms with Crippen LogP contribution in [0.3, 0.4) is 0 Å². The maximum absolute atomic E-state index is 12.9. The van der Waals surface area contributed by atoms with Gasteiger partial charge in [0.15, 0.2) is 0 Å².